The first-order valence-corrected chi connectivity index (χ1v) is 10.0. The summed E-state index contributed by atoms with van der Waals surface area (Å²) in [6.07, 6.45) is 2.48. The van der Waals surface area contributed by atoms with Crippen LogP contribution in [0.15, 0.2) is 48.5 Å². The fourth-order valence-electron chi connectivity index (χ4n) is 3.71. The summed E-state index contributed by atoms with van der Waals surface area (Å²) in [6, 6.07) is 17.0. The maximum Gasteiger partial charge on any atom is 0.251 e. The van der Waals surface area contributed by atoms with Crippen LogP contribution in [0.25, 0.3) is 0 Å². The van der Waals surface area contributed by atoms with Crippen LogP contribution < -0.4 is 5.32 Å². The lowest BCUT2D eigenvalue weighted by Crippen LogP contribution is -2.36. The fourth-order valence-corrected chi connectivity index (χ4v) is 3.71. The first kappa shape index (κ1) is 22.4. The zero-order chi connectivity index (χ0) is 19.4. The van der Waals surface area contributed by atoms with E-state index >= 15 is 0 Å². The maximum absolute atomic E-state index is 12.7. The van der Waals surface area contributed by atoms with E-state index in [9.17, 15) is 4.79 Å². The Morgan fingerprint density at radius 3 is 2.11 bits per heavy atom. The molecule has 1 N–H and O–H groups in total. The molecule has 1 saturated heterocycles. The minimum absolute atomic E-state index is 0. The molecule has 2 aromatic carbocycles. The lowest BCUT2D eigenvalue weighted by Gasteiger charge is -2.28. The van der Waals surface area contributed by atoms with E-state index in [-0.39, 0.29) is 29.8 Å². The van der Waals surface area contributed by atoms with E-state index in [2.05, 4.69) is 74.3 Å². The second-order valence-electron chi connectivity index (χ2n) is 8.71. The van der Waals surface area contributed by atoms with Crippen LogP contribution in [0.2, 0.25) is 0 Å². The van der Waals surface area contributed by atoms with Crippen LogP contribution in [-0.2, 0) is 5.41 Å². The van der Waals surface area contributed by atoms with Crippen LogP contribution in [0.4, 0.5) is 0 Å². The molecule has 3 rings (SSSR count). The van der Waals surface area contributed by atoms with Crippen molar-refractivity contribution in [2.75, 3.05) is 19.6 Å². The number of carbonyl (C=O) groups is 1. The van der Waals surface area contributed by atoms with Gasteiger partial charge in [0.2, 0.25) is 0 Å². The first-order chi connectivity index (χ1) is 12.8. The molecule has 0 aromatic heterocycles. The van der Waals surface area contributed by atoms with Gasteiger partial charge in [-0.1, -0.05) is 62.7 Å². The third kappa shape index (κ3) is 5.59. The Labute approximate surface area is 175 Å². The number of rotatable bonds is 5. The van der Waals surface area contributed by atoms with Crippen LogP contribution in [0.1, 0.15) is 66.7 Å². The van der Waals surface area contributed by atoms with Crippen molar-refractivity contribution in [3.8, 4) is 0 Å². The number of likely N-dealkylation sites (tertiary alicyclic amines) is 1. The number of nitrogens with zero attached hydrogens (tertiary/aromatic N) is 1. The average Bonchev–Trinajstić information content (AvgIpc) is 3.17. The molecule has 1 atom stereocenters. The SMILES string of the molecule is Cc1ccc(C(CNC(=O)c2ccc(C(C)(C)C)cc2)N2CCCC2)cc1.Cl. The van der Waals surface area contributed by atoms with Crippen LogP contribution in [-0.4, -0.2) is 30.4 Å². The van der Waals surface area contributed by atoms with Crippen molar-refractivity contribution in [1.29, 1.82) is 0 Å². The first-order valence-electron chi connectivity index (χ1n) is 10.0. The van der Waals surface area contributed by atoms with E-state index in [1.807, 2.05) is 12.1 Å². The lowest BCUT2D eigenvalue weighted by atomic mass is 9.87. The fraction of sp³-hybridized carbons (Fsp3) is 0.458. The van der Waals surface area contributed by atoms with Gasteiger partial charge in [0.1, 0.15) is 0 Å². The van der Waals surface area contributed by atoms with Crippen LogP contribution >= 0.6 is 12.4 Å². The molecule has 152 valence electrons. The number of aryl methyl sites for hydroxylation is 1. The standard InChI is InChI=1S/C24H32N2O.ClH/c1-18-7-9-19(10-8-18)22(26-15-5-6-16-26)17-25-23(27)20-11-13-21(14-12-20)24(2,3)4;/h7-14,22H,5-6,15-17H2,1-4H3,(H,25,27);1H. The number of amides is 1. The highest BCUT2D eigenvalue weighted by Gasteiger charge is 2.24. The van der Waals surface area contributed by atoms with Gasteiger partial charge in [0.25, 0.3) is 5.91 Å². The molecule has 0 saturated carbocycles. The zero-order valence-corrected chi connectivity index (χ0v) is 18.3. The minimum atomic E-state index is 0. The molecule has 1 aliphatic heterocycles. The molecule has 1 unspecified atom stereocenters. The number of hydrogen-bond donors (Lipinski definition) is 1. The molecular formula is C24H33ClN2O. The monoisotopic (exact) mass is 400 g/mol. The molecule has 0 spiro atoms. The maximum atomic E-state index is 12.7. The Hall–Kier alpha value is -1.84. The van der Waals surface area contributed by atoms with Gasteiger partial charge in [0.05, 0.1) is 6.04 Å². The molecule has 1 fully saturated rings. The minimum Gasteiger partial charge on any atom is -0.350 e. The second-order valence-corrected chi connectivity index (χ2v) is 8.71. The number of halogens is 1. The Morgan fingerprint density at radius 1 is 1.00 bits per heavy atom. The third-order valence-corrected chi connectivity index (χ3v) is 5.51. The van der Waals surface area contributed by atoms with Crippen molar-refractivity contribution < 1.29 is 4.79 Å². The molecular weight excluding hydrogens is 368 g/mol. The molecule has 0 radical (unpaired) electrons. The van der Waals surface area contributed by atoms with Gasteiger partial charge in [-0.15, -0.1) is 12.4 Å². The van der Waals surface area contributed by atoms with Gasteiger partial charge in [0.15, 0.2) is 0 Å². The van der Waals surface area contributed by atoms with Gasteiger partial charge in [0, 0.05) is 12.1 Å². The Morgan fingerprint density at radius 2 is 1.57 bits per heavy atom. The Bertz CT molecular complexity index is 757. The summed E-state index contributed by atoms with van der Waals surface area (Å²) in [5, 5.41) is 3.17. The van der Waals surface area contributed by atoms with Crippen LogP contribution in [0.5, 0.6) is 0 Å². The highest BCUT2D eigenvalue weighted by atomic mass is 35.5. The Balaban J connectivity index is 0.00000280. The van der Waals surface area contributed by atoms with E-state index in [1.165, 1.54) is 29.5 Å². The second kappa shape index (κ2) is 9.58. The van der Waals surface area contributed by atoms with Gasteiger partial charge >= 0.3 is 0 Å². The number of nitrogens with one attached hydrogen (secondary N) is 1. The molecule has 1 aliphatic rings. The predicted molar refractivity (Wildman–Crippen MR) is 119 cm³/mol. The van der Waals surface area contributed by atoms with Gasteiger partial charge in [-0.2, -0.15) is 0 Å². The molecule has 2 aromatic rings. The summed E-state index contributed by atoms with van der Waals surface area (Å²) in [4.78, 5) is 15.2. The Kier molecular flexibility index (Phi) is 7.68. The van der Waals surface area contributed by atoms with Crippen molar-refractivity contribution >= 4 is 18.3 Å². The van der Waals surface area contributed by atoms with Crippen molar-refractivity contribution in [3.63, 3.8) is 0 Å². The molecule has 3 nitrogen and oxygen atoms in total. The van der Waals surface area contributed by atoms with Crippen molar-refractivity contribution in [1.82, 2.24) is 10.2 Å². The van der Waals surface area contributed by atoms with Crippen molar-refractivity contribution in [3.05, 3.63) is 70.8 Å². The molecule has 28 heavy (non-hydrogen) atoms. The van der Waals surface area contributed by atoms with Gasteiger partial charge < -0.3 is 5.32 Å². The summed E-state index contributed by atoms with van der Waals surface area (Å²) >= 11 is 0. The third-order valence-electron chi connectivity index (χ3n) is 5.51. The smallest absolute Gasteiger partial charge is 0.251 e. The molecule has 0 bridgehead atoms. The summed E-state index contributed by atoms with van der Waals surface area (Å²) in [7, 11) is 0. The lowest BCUT2D eigenvalue weighted by molar-refractivity contribution is 0.0938. The van der Waals surface area contributed by atoms with E-state index in [1.54, 1.807) is 0 Å². The summed E-state index contributed by atoms with van der Waals surface area (Å²) in [6.45, 7) is 11.5. The largest absolute Gasteiger partial charge is 0.350 e. The summed E-state index contributed by atoms with van der Waals surface area (Å²) in [5.41, 5.74) is 4.62. The van der Waals surface area contributed by atoms with E-state index in [0.717, 1.165) is 18.7 Å². The van der Waals surface area contributed by atoms with Crippen LogP contribution in [0, 0.1) is 6.92 Å². The average molecular weight is 401 g/mol. The molecule has 4 heteroatoms. The van der Waals surface area contributed by atoms with E-state index in [0.29, 0.717) is 6.54 Å². The zero-order valence-electron chi connectivity index (χ0n) is 17.5. The van der Waals surface area contributed by atoms with E-state index < -0.39 is 0 Å². The number of benzene rings is 2. The number of carbonyl (C=O) groups excluding carboxylic acids is 1. The predicted octanol–water partition coefficient (Wildman–Crippen LogP) is 5.28. The summed E-state index contributed by atoms with van der Waals surface area (Å²) in [5.74, 6) is 0.00627. The van der Waals surface area contributed by atoms with Gasteiger partial charge in [-0.05, 0) is 61.5 Å². The highest BCUT2D eigenvalue weighted by molar-refractivity contribution is 5.94. The van der Waals surface area contributed by atoms with Gasteiger partial charge in [-0.25, -0.2) is 0 Å². The molecule has 1 amide bonds. The van der Waals surface area contributed by atoms with Crippen molar-refractivity contribution in [2.24, 2.45) is 0 Å². The molecule has 1 heterocycles. The summed E-state index contributed by atoms with van der Waals surface area (Å²) < 4.78 is 0. The van der Waals surface area contributed by atoms with Gasteiger partial charge in [-0.3, -0.25) is 9.69 Å². The molecule has 0 aliphatic carbocycles. The highest BCUT2D eigenvalue weighted by Crippen LogP contribution is 2.25. The normalized spacial score (nSPS) is 15.7. The number of hydrogen-bond acceptors (Lipinski definition) is 2. The van der Waals surface area contributed by atoms with E-state index in [4.69, 9.17) is 0 Å². The van der Waals surface area contributed by atoms with Crippen molar-refractivity contribution in [2.45, 2.75) is 52.0 Å². The topological polar surface area (TPSA) is 32.3 Å². The quantitative estimate of drug-likeness (QED) is 0.740. The van der Waals surface area contributed by atoms with Crippen LogP contribution in [0.3, 0.4) is 0 Å².